The first-order valence-electron chi connectivity index (χ1n) is 7.80. The summed E-state index contributed by atoms with van der Waals surface area (Å²) in [6, 6.07) is 6.45. The minimum Gasteiger partial charge on any atom is -0.341 e. The minimum absolute atomic E-state index is 0.0333. The number of benzene rings is 1. The summed E-state index contributed by atoms with van der Waals surface area (Å²) in [6.45, 7) is 9.64. The number of nitrogens with zero attached hydrogens (tertiary/aromatic N) is 2. The van der Waals surface area contributed by atoms with E-state index in [1.807, 2.05) is 0 Å². The number of H-pyrrole nitrogens is 1. The van der Waals surface area contributed by atoms with E-state index in [1.54, 1.807) is 0 Å². The average Bonchev–Trinajstić information content (AvgIpc) is 2.90. The van der Waals surface area contributed by atoms with Crippen molar-refractivity contribution in [3.8, 4) is 0 Å². The van der Waals surface area contributed by atoms with Gasteiger partial charge in [0.05, 0.1) is 17.1 Å². The highest BCUT2D eigenvalue weighted by Crippen LogP contribution is 2.21. The number of piperazine rings is 1. The standard InChI is InChI=1S/C16H25N5/c1-11(2)15(17)16-19-13-4-3-12(9-14(13)20-16)10-21-7-5-18-6-8-21/h3-4,9,11,15,18H,5-8,10,17H2,1-2H3,(H,19,20). The van der Waals surface area contributed by atoms with Crippen molar-refractivity contribution in [1.82, 2.24) is 20.2 Å². The molecule has 1 atom stereocenters. The molecular formula is C16H25N5. The highest BCUT2D eigenvalue weighted by Gasteiger charge is 2.15. The summed E-state index contributed by atoms with van der Waals surface area (Å²) in [7, 11) is 0. The SMILES string of the molecule is CC(C)C(N)c1nc2ccc(CN3CCNCC3)cc2[nH]1. The van der Waals surface area contributed by atoms with Crippen LogP contribution in [0.5, 0.6) is 0 Å². The summed E-state index contributed by atoms with van der Waals surface area (Å²) in [5.74, 6) is 1.27. The Kier molecular flexibility index (Phi) is 4.24. The number of fused-ring (bicyclic) bond motifs is 1. The van der Waals surface area contributed by atoms with Crippen LogP contribution in [0.25, 0.3) is 11.0 Å². The van der Waals surface area contributed by atoms with Crippen LogP contribution in [-0.4, -0.2) is 41.0 Å². The number of nitrogens with two attached hydrogens (primary N) is 1. The average molecular weight is 287 g/mol. The Bertz CT molecular complexity index is 598. The summed E-state index contributed by atoms with van der Waals surface area (Å²) in [4.78, 5) is 10.5. The second-order valence-corrected chi connectivity index (χ2v) is 6.27. The molecule has 2 heterocycles. The van der Waals surface area contributed by atoms with Crippen molar-refractivity contribution in [3.63, 3.8) is 0 Å². The molecule has 0 spiro atoms. The van der Waals surface area contributed by atoms with E-state index in [1.165, 1.54) is 5.56 Å². The maximum absolute atomic E-state index is 6.18. The lowest BCUT2D eigenvalue weighted by atomic mass is 10.1. The minimum atomic E-state index is -0.0333. The van der Waals surface area contributed by atoms with E-state index in [0.717, 1.165) is 49.6 Å². The molecule has 0 aliphatic carbocycles. The van der Waals surface area contributed by atoms with E-state index >= 15 is 0 Å². The monoisotopic (exact) mass is 287 g/mol. The van der Waals surface area contributed by atoms with Gasteiger partial charge in [0, 0.05) is 32.7 Å². The molecule has 1 aliphatic rings. The van der Waals surface area contributed by atoms with E-state index in [2.05, 4.69) is 52.2 Å². The zero-order valence-corrected chi connectivity index (χ0v) is 12.9. The molecule has 1 aliphatic heterocycles. The van der Waals surface area contributed by atoms with Crippen LogP contribution in [0.3, 0.4) is 0 Å². The normalized spacial score (nSPS) is 18.5. The molecule has 1 aromatic heterocycles. The van der Waals surface area contributed by atoms with Crippen LogP contribution in [0, 0.1) is 5.92 Å². The van der Waals surface area contributed by atoms with Crippen LogP contribution in [-0.2, 0) is 6.54 Å². The quantitative estimate of drug-likeness (QED) is 0.799. The topological polar surface area (TPSA) is 70.0 Å². The number of rotatable bonds is 4. The second kappa shape index (κ2) is 6.13. The summed E-state index contributed by atoms with van der Waals surface area (Å²) in [5, 5.41) is 3.38. The van der Waals surface area contributed by atoms with Crippen molar-refractivity contribution in [2.24, 2.45) is 11.7 Å². The predicted molar refractivity (Wildman–Crippen MR) is 86.0 cm³/mol. The zero-order valence-electron chi connectivity index (χ0n) is 12.9. The van der Waals surface area contributed by atoms with E-state index in [0.29, 0.717) is 5.92 Å². The molecule has 1 fully saturated rings. The zero-order chi connectivity index (χ0) is 14.8. The van der Waals surface area contributed by atoms with Gasteiger partial charge >= 0.3 is 0 Å². The molecule has 21 heavy (non-hydrogen) atoms. The van der Waals surface area contributed by atoms with Crippen LogP contribution in [0.4, 0.5) is 0 Å². The van der Waals surface area contributed by atoms with Gasteiger partial charge < -0.3 is 16.0 Å². The summed E-state index contributed by atoms with van der Waals surface area (Å²) in [5.41, 5.74) is 9.61. The highest BCUT2D eigenvalue weighted by atomic mass is 15.2. The van der Waals surface area contributed by atoms with Crippen LogP contribution in [0.2, 0.25) is 0 Å². The van der Waals surface area contributed by atoms with Crippen LogP contribution >= 0.6 is 0 Å². The first-order chi connectivity index (χ1) is 10.1. The molecule has 5 nitrogen and oxygen atoms in total. The molecule has 2 aromatic rings. The molecule has 3 rings (SSSR count). The Morgan fingerprint density at radius 2 is 2.05 bits per heavy atom. The van der Waals surface area contributed by atoms with Gasteiger partial charge in [0.1, 0.15) is 5.82 Å². The number of hydrogen-bond acceptors (Lipinski definition) is 4. The lowest BCUT2D eigenvalue weighted by molar-refractivity contribution is 0.233. The van der Waals surface area contributed by atoms with Crippen molar-refractivity contribution in [2.75, 3.05) is 26.2 Å². The molecule has 5 heteroatoms. The number of imidazole rings is 1. The van der Waals surface area contributed by atoms with E-state index in [-0.39, 0.29) is 6.04 Å². The summed E-state index contributed by atoms with van der Waals surface area (Å²) >= 11 is 0. The molecule has 1 aromatic carbocycles. The number of aromatic nitrogens is 2. The number of hydrogen-bond donors (Lipinski definition) is 3. The van der Waals surface area contributed by atoms with Gasteiger partial charge in [0.15, 0.2) is 0 Å². The third-order valence-electron chi connectivity index (χ3n) is 4.21. The molecule has 1 unspecified atom stereocenters. The predicted octanol–water partition coefficient (Wildman–Crippen LogP) is 1.62. The fourth-order valence-corrected chi connectivity index (χ4v) is 2.78. The van der Waals surface area contributed by atoms with Crippen molar-refractivity contribution in [3.05, 3.63) is 29.6 Å². The molecule has 1 saturated heterocycles. The van der Waals surface area contributed by atoms with Crippen LogP contribution in [0.15, 0.2) is 18.2 Å². The van der Waals surface area contributed by atoms with Gasteiger partial charge in [-0.3, -0.25) is 4.90 Å². The van der Waals surface area contributed by atoms with Crippen molar-refractivity contribution >= 4 is 11.0 Å². The lowest BCUT2D eigenvalue weighted by Gasteiger charge is -2.27. The Hall–Kier alpha value is -1.43. The van der Waals surface area contributed by atoms with Gasteiger partial charge in [-0.05, 0) is 23.6 Å². The number of nitrogens with one attached hydrogen (secondary N) is 2. The molecular weight excluding hydrogens is 262 g/mol. The van der Waals surface area contributed by atoms with Crippen molar-refractivity contribution < 1.29 is 0 Å². The molecule has 0 amide bonds. The lowest BCUT2D eigenvalue weighted by Crippen LogP contribution is -2.42. The van der Waals surface area contributed by atoms with E-state index < -0.39 is 0 Å². The van der Waals surface area contributed by atoms with Gasteiger partial charge in [-0.2, -0.15) is 0 Å². The van der Waals surface area contributed by atoms with E-state index in [9.17, 15) is 0 Å². The summed E-state index contributed by atoms with van der Waals surface area (Å²) in [6.07, 6.45) is 0. The van der Waals surface area contributed by atoms with Crippen LogP contribution < -0.4 is 11.1 Å². The van der Waals surface area contributed by atoms with Gasteiger partial charge in [-0.15, -0.1) is 0 Å². The summed E-state index contributed by atoms with van der Waals surface area (Å²) < 4.78 is 0. The van der Waals surface area contributed by atoms with Crippen LogP contribution in [0.1, 0.15) is 31.3 Å². The maximum atomic E-state index is 6.18. The third kappa shape index (κ3) is 3.26. The molecule has 114 valence electrons. The number of aromatic amines is 1. The fourth-order valence-electron chi connectivity index (χ4n) is 2.78. The smallest absolute Gasteiger partial charge is 0.124 e. The second-order valence-electron chi connectivity index (χ2n) is 6.27. The molecule has 0 saturated carbocycles. The molecule has 0 bridgehead atoms. The van der Waals surface area contributed by atoms with Crippen molar-refractivity contribution in [1.29, 1.82) is 0 Å². The maximum Gasteiger partial charge on any atom is 0.124 e. The Morgan fingerprint density at radius 1 is 1.29 bits per heavy atom. The van der Waals surface area contributed by atoms with Gasteiger partial charge in [0.2, 0.25) is 0 Å². The highest BCUT2D eigenvalue weighted by molar-refractivity contribution is 5.76. The van der Waals surface area contributed by atoms with Gasteiger partial charge in [-0.1, -0.05) is 19.9 Å². The first kappa shape index (κ1) is 14.5. The van der Waals surface area contributed by atoms with Crippen molar-refractivity contribution in [2.45, 2.75) is 26.4 Å². The van der Waals surface area contributed by atoms with Gasteiger partial charge in [-0.25, -0.2) is 4.98 Å². The Balaban J connectivity index is 1.79. The first-order valence-corrected chi connectivity index (χ1v) is 7.80. The van der Waals surface area contributed by atoms with Gasteiger partial charge in [0.25, 0.3) is 0 Å². The third-order valence-corrected chi connectivity index (χ3v) is 4.21. The Labute approximate surface area is 125 Å². The molecule has 0 radical (unpaired) electrons. The Morgan fingerprint density at radius 3 is 2.76 bits per heavy atom. The molecule has 4 N–H and O–H groups in total. The largest absolute Gasteiger partial charge is 0.341 e. The fraction of sp³-hybridized carbons (Fsp3) is 0.562. The van der Waals surface area contributed by atoms with E-state index in [4.69, 9.17) is 5.73 Å².